The molecule has 0 fully saturated rings. The molecule has 2 rings (SSSR count). The van der Waals surface area contributed by atoms with E-state index in [-0.39, 0.29) is 12.6 Å². The van der Waals surface area contributed by atoms with E-state index >= 15 is 0 Å². The van der Waals surface area contributed by atoms with Crippen LogP contribution in [0.5, 0.6) is 5.75 Å². The number of benzene rings is 2. The van der Waals surface area contributed by atoms with Crippen molar-refractivity contribution in [2.24, 2.45) is 0 Å². The van der Waals surface area contributed by atoms with Crippen molar-refractivity contribution in [2.75, 3.05) is 13.7 Å². The van der Waals surface area contributed by atoms with E-state index in [2.05, 4.69) is 30.4 Å². The maximum absolute atomic E-state index is 8.94. The van der Waals surface area contributed by atoms with Gasteiger partial charge in [-0.1, -0.05) is 30.3 Å². The number of methoxy groups -OCH3 is 1. The predicted octanol–water partition coefficient (Wildman–Crippen LogP) is 2.71. The highest BCUT2D eigenvalue weighted by molar-refractivity contribution is 5.87. The molecule has 0 heterocycles. The lowest BCUT2D eigenvalue weighted by molar-refractivity contribution is 0.268. The van der Waals surface area contributed by atoms with Gasteiger partial charge < -0.3 is 15.2 Å². The molecule has 2 N–H and O–H groups in total. The number of hydrogen-bond donors (Lipinski definition) is 2. The molecule has 1 atom stereocenters. The number of aliphatic hydroxyl groups excluding tert-OH is 1. The number of ether oxygens (including phenoxy) is 1. The summed E-state index contributed by atoms with van der Waals surface area (Å²) in [6.45, 7) is 3.03. The zero-order chi connectivity index (χ0) is 13.7. The lowest BCUT2D eigenvalue weighted by Gasteiger charge is -2.16. The Balaban J connectivity index is 2.28. The summed E-state index contributed by atoms with van der Waals surface area (Å²) >= 11 is 0. The first-order valence-corrected chi connectivity index (χ1v) is 6.65. The number of aliphatic hydroxyl groups is 1. The normalized spacial score (nSPS) is 12.6. The van der Waals surface area contributed by atoms with Gasteiger partial charge in [-0.25, -0.2) is 0 Å². The van der Waals surface area contributed by atoms with Crippen molar-refractivity contribution in [3.05, 3.63) is 42.0 Å². The molecule has 2 aromatic rings. The van der Waals surface area contributed by atoms with E-state index in [4.69, 9.17) is 9.84 Å². The van der Waals surface area contributed by atoms with Gasteiger partial charge in [0, 0.05) is 24.8 Å². The summed E-state index contributed by atoms with van der Waals surface area (Å²) in [5.41, 5.74) is 1.17. The van der Waals surface area contributed by atoms with E-state index in [9.17, 15) is 0 Å². The second kappa shape index (κ2) is 6.55. The number of rotatable bonds is 6. The van der Waals surface area contributed by atoms with Gasteiger partial charge in [0.05, 0.1) is 7.11 Å². The molecular weight excluding hydrogens is 238 g/mol. The van der Waals surface area contributed by atoms with Gasteiger partial charge in [0.1, 0.15) is 5.75 Å². The molecule has 102 valence electrons. The lowest BCUT2D eigenvalue weighted by atomic mass is 10.0. The lowest BCUT2D eigenvalue weighted by Crippen LogP contribution is -2.26. The Morgan fingerprint density at radius 1 is 1.21 bits per heavy atom. The summed E-state index contributed by atoms with van der Waals surface area (Å²) < 4.78 is 5.46. The number of fused-ring (bicyclic) bond motifs is 1. The second-order valence-electron chi connectivity index (χ2n) is 4.76. The molecule has 0 saturated carbocycles. The van der Waals surface area contributed by atoms with Gasteiger partial charge in [-0.15, -0.1) is 0 Å². The Bertz CT molecular complexity index is 539. The molecule has 3 heteroatoms. The molecule has 3 nitrogen and oxygen atoms in total. The van der Waals surface area contributed by atoms with E-state index in [1.807, 2.05) is 18.2 Å². The van der Waals surface area contributed by atoms with Crippen LogP contribution >= 0.6 is 0 Å². The zero-order valence-corrected chi connectivity index (χ0v) is 11.5. The van der Waals surface area contributed by atoms with Crippen LogP contribution in [-0.2, 0) is 6.54 Å². The summed E-state index contributed by atoms with van der Waals surface area (Å²) in [5, 5.41) is 14.8. The maximum Gasteiger partial charge on any atom is 0.123 e. The number of hydrogen-bond acceptors (Lipinski definition) is 3. The van der Waals surface area contributed by atoms with Crippen molar-refractivity contribution < 1.29 is 9.84 Å². The molecule has 0 radical (unpaired) electrons. The smallest absolute Gasteiger partial charge is 0.123 e. The highest BCUT2D eigenvalue weighted by Crippen LogP contribution is 2.27. The van der Waals surface area contributed by atoms with Gasteiger partial charge in [0.2, 0.25) is 0 Å². The molecule has 0 bridgehead atoms. The topological polar surface area (TPSA) is 41.5 Å². The average molecular weight is 259 g/mol. The van der Waals surface area contributed by atoms with E-state index in [0.29, 0.717) is 0 Å². The SMILES string of the molecule is COc1ccc2ccccc2c1CNC(C)CCO. The van der Waals surface area contributed by atoms with Crippen LogP contribution in [0.4, 0.5) is 0 Å². The third-order valence-corrected chi connectivity index (χ3v) is 3.41. The fourth-order valence-electron chi connectivity index (χ4n) is 2.26. The van der Waals surface area contributed by atoms with Gasteiger partial charge in [0.15, 0.2) is 0 Å². The Morgan fingerprint density at radius 3 is 2.74 bits per heavy atom. The molecule has 2 aromatic carbocycles. The summed E-state index contributed by atoms with van der Waals surface area (Å²) in [6, 6.07) is 12.7. The van der Waals surface area contributed by atoms with E-state index in [1.54, 1.807) is 7.11 Å². The zero-order valence-electron chi connectivity index (χ0n) is 11.5. The first-order chi connectivity index (χ1) is 9.26. The minimum atomic E-state index is 0.209. The van der Waals surface area contributed by atoms with Crippen molar-refractivity contribution in [2.45, 2.75) is 25.9 Å². The molecule has 0 saturated heterocycles. The molecule has 0 aromatic heterocycles. The van der Waals surface area contributed by atoms with Crippen LogP contribution < -0.4 is 10.1 Å². The predicted molar refractivity (Wildman–Crippen MR) is 78.5 cm³/mol. The summed E-state index contributed by atoms with van der Waals surface area (Å²) in [5.74, 6) is 0.905. The molecule has 0 spiro atoms. The fourth-order valence-corrected chi connectivity index (χ4v) is 2.26. The van der Waals surface area contributed by atoms with Gasteiger partial charge in [0.25, 0.3) is 0 Å². The Labute approximate surface area is 114 Å². The molecule has 0 aliphatic heterocycles. The Kier molecular flexibility index (Phi) is 4.77. The van der Waals surface area contributed by atoms with Crippen LogP contribution in [0.1, 0.15) is 18.9 Å². The first kappa shape index (κ1) is 13.8. The van der Waals surface area contributed by atoms with Crippen molar-refractivity contribution in [3.63, 3.8) is 0 Å². The van der Waals surface area contributed by atoms with Crippen LogP contribution in [0.2, 0.25) is 0 Å². The third kappa shape index (κ3) is 3.25. The maximum atomic E-state index is 8.94. The summed E-state index contributed by atoms with van der Waals surface area (Å²) in [4.78, 5) is 0. The number of nitrogens with one attached hydrogen (secondary N) is 1. The molecule has 0 amide bonds. The van der Waals surface area contributed by atoms with Crippen LogP contribution in [0.25, 0.3) is 10.8 Å². The monoisotopic (exact) mass is 259 g/mol. The largest absolute Gasteiger partial charge is 0.496 e. The Morgan fingerprint density at radius 2 is 2.00 bits per heavy atom. The minimum absolute atomic E-state index is 0.209. The van der Waals surface area contributed by atoms with Crippen LogP contribution in [0.15, 0.2) is 36.4 Å². The van der Waals surface area contributed by atoms with Crippen molar-refractivity contribution >= 4 is 10.8 Å². The highest BCUT2D eigenvalue weighted by atomic mass is 16.5. The third-order valence-electron chi connectivity index (χ3n) is 3.41. The second-order valence-corrected chi connectivity index (χ2v) is 4.76. The van der Waals surface area contributed by atoms with E-state index in [0.717, 1.165) is 18.7 Å². The first-order valence-electron chi connectivity index (χ1n) is 6.65. The van der Waals surface area contributed by atoms with Crippen LogP contribution in [0, 0.1) is 0 Å². The molecule has 0 aliphatic carbocycles. The quantitative estimate of drug-likeness (QED) is 0.838. The van der Waals surface area contributed by atoms with Gasteiger partial charge >= 0.3 is 0 Å². The summed E-state index contributed by atoms with van der Waals surface area (Å²) in [6.07, 6.45) is 0.757. The molecule has 0 aliphatic rings. The standard InChI is InChI=1S/C16H21NO2/c1-12(9-10-18)17-11-15-14-6-4-3-5-13(14)7-8-16(15)19-2/h3-8,12,17-18H,9-11H2,1-2H3. The minimum Gasteiger partial charge on any atom is -0.496 e. The van der Waals surface area contributed by atoms with E-state index < -0.39 is 0 Å². The van der Waals surface area contributed by atoms with E-state index in [1.165, 1.54) is 16.3 Å². The Hall–Kier alpha value is -1.58. The van der Waals surface area contributed by atoms with Crippen LogP contribution in [0.3, 0.4) is 0 Å². The van der Waals surface area contributed by atoms with Gasteiger partial charge in [-0.05, 0) is 30.2 Å². The molecule has 19 heavy (non-hydrogen) atoms. The molecular formula is C16H21NO2. The van der Waals surface area contributed by atoms with Crippen molar-refractivity contribution in [1.29, 1.82) is 0 Å². The van der Waals surface area contributed by atoms with Crippen molar-refractivity contribution in [1.82, 2.24) is 5.32 Å². The van der Waals surface area contributed by atoms with Crippen LogP contribution in [-0.4, -0.2) is 24.9 Å². The molecule has 1 unspecified atom stereocenters. The summed E-state index contributed by atoms with van der Waals surface area (Å²) in [7, 11) is 1.70. The van der Waals surface area contributed by atoms with Gasteiger partial charge in [-0.3, -0.25) is 0 Å². The van der Waals surface area contributed by atoms with Gasteiger partial charge in [-0.2, -0.15) is 0 Å². The van der Waals surface area contributed by atoms with Crippen molar-refractivity contribution in [3.8, 4) is 5.75 Å². The highest BCUT2D eigenvalue weighted by Gasteiger charge is 2.09. The average Bonchev–Trinajstić information content (AvgIpc) is 2.44. The fraction of sp³-hybridized carbons (Fsp3) is 0.375.